The van der Waals surface area contributed by atoms with E-state index in [1.165, 1.54) is 6.07 Å². The van der Waals surface area contributed by atoms with E-state index >= 15 is 0 Å². The van der Waals surface area contributed by atoms with Gasteiger partial charge in [-0.05, 0) is 29.8 Å². The number of aromatic nitrogens is 1. The molecule has 0 radical (unpaired) electrons. The van der Waals surface area contributed by atoms with E-state index in [2.05, 4.69) is 4.98 Å². The molecule has 0 aliphatic heterocycles. The van der Waals surface area contributed by atoms with Crippen molar-refractivity contribution >= 4 is 12.2 Å². The lowest BCUT2D eigenvalue weighted by molar-refractivity contribution is -0.137. The summed E-state index contributed by atoms with van der Waals surface area (Å²) in [5, 5.41) is 0. The smallest absolute Gasteiger partial charge is 0.346 e. The lowest BCUT2D eigenvalue weighted by Gasteiger charge is -2.08. The van der Waals surface area contributed by atoms with Crippen LogP contribution in [0.3, 0.4) is 0 Å². The molecule has 0 atom stereocenters. The van der Waals surface area contributed by atoms with Crippen LogP contribution in [0.2, 0.25) is 0 Å². The Bertz CT molecular complexity index is 587. The Morgan fingerprint density at radius 1 is 1.00 bits per heavy atom. The van der Waals surface area contributed by atoms with E-state index in [1.54, 1.807) is 24.3 Å². The zero-order chi connectivity index (χ0) is 12.5. The SMILES string of the molecule is FC(F)(F)c1cccc(-c2cccc(=S)[nH]2)c1. The predicted molar refractivity (Wildman–Crippen MR) is 62.1 cm³/mol. The van der Waals surface area contributed by atoms with Crippen molar-refractivity contribution in [2.45, 2.75) is 6.18 Å². The minimum Gasteiger partial charge on any atom is -0.346 e. The second kappa shape index (κ2) is 4.33. The van der Waals surface area contributed by atoms with Crippen LogP contribution in [-0.2, 0) is 6.18 Å². The first-order valence-electron chi connectivity index (χ1n) is 4.84. The minimum absolute atomic E-state index is 0.464. The molecular formula is C12H8F3NS. The van der Waals surface area contributed by atoms with Gasteiger partial charge in [0.2, 0.25) is 0 Å². The minimum atomic E-state index is -4.33. The largest absolute Gasteiger partial charge is 0.416 e. The predicted octanol–water partition coefficient (Wildman–Crippen LogP) is 4.43. The maximum Gasteiger partial charge on any atom is 0.416 e. The number of rotatable bonds is 1. The van der Waals surface area contributed by atoms with Crippen LogP contribution in [-0.4, -0.2) is 4.98 Å². The molecule has 2 rings (SSSR count). The van der Waals surface area contributed by atoms with E-state index in [-0.39, 0.29) is 0 Å². The van der Waals surface area contributed by atoms with Gasteiger partial charge in [0.1, 0.15) is 4.64 Å². The number of aromatic amines is 1. The summed E-state index contributed by atoms with van der Waals surface area (Å²) >= 11 is 4.93. The summed E-state index contributed by atoms with van der Waals surface area (Å²) in [4.78, 5) is 2.85. The summed E-state index contributed by atoms with van der Waals surface area (Å²) < 4.78 is 38.1. The van der Waals surface area contributed by atoms with Crippen LogP contribution in [0.5, 0.6) is 0 Å². The Hall–Kier alpha value is -1.62. The summed E-state index contributed by atoms with van der Waals surface area (Å²) in [5.74, 6) is 0. The zero-order valence-corrected chi connectivity index (χ0v) is 9.40. The van der Waals surface area contributed by atoms with Gasteiger partial charge in [0.15, 0.2) is 0 Å². The van der Waals surface area contributed by atoms with Gasteiger partial charge in [0.25, 0.3) is 0 Å². The summed E-state index contributed by atoms with van der Waals surface area (Å²) in [6, 6.07) is 10.2. The van der Waals surface area contributed by atoms with Crippen LogP contribution in [0, 0.1) is 4.64 Å². The molecule has 0 saturated carbocycles. The first-order valence-corrected chi connectivity index (χ1v) is 5.24. The number of hydrogen-bond acceptors (Lipinski definition) is 1. The Kier molecular flexibility index (Phi) is 3.02. The number of pyridine rings is 1. The van der Waals surface area contributed by atoms with Crippen LogP contribution in [0.15, 0.2) is 42.5 Å². The molecule has 0 bridgehead atoms. The fraction of sp³-hybridized carbons (Fsp3) is 0.0833. The monoisotopic (exact) mass is 255 g/mol. The lowest BCUT2D eigenvalue weighted by Crippen LogP contribution is -2.04. The Morgan fingerprint density at radius 2 is 1.71 bits per heavy atom. The number of hydrogen-bond donors (Lipinski definition) is 1. The molecule has 0 saturated heterocycles. The summed E-state index contributed by atoms with van der Waals surface area (Å²) in [6.07, 6.45) is -4.33. The topological polar surface area (TPSA) is 15.8 Å². The molecule has 1 aromatic carbocycles. The van der Waals surface area contributed by atoms with Gasteiger partial charge in [-0.25, -0.2) is 0 Å². The maximum atomic E-state index is 12.5. The molecule has 0 spiro atoms. The highest BCUT2D eigenvalue weighted by atomic mass is 32.1. The standard InChI is InChI=1S/C12H8F3NS/c13-12(14,15)9-4-1-3-8(7-9)10-5-2-6-11(17)16-10/h1-7H,(H,16,17). The molecule has 0 fully saturated rings. The van der Waals surface area contributed by atoms with Crippen LogP contribution in [0.25, 0.3) is 11.3 Å². The second-order valence-electron chi connectivity index (χ2n) is 3.51. The summed E-state index contributed by atoms with van der Waals surface area (Å²) in [6.45, 7) is 0. The van der Waals surface area contributed by atoms with Crippen molar-refractivity contribution in [1.29, 1.82) is 0 Å². The van der Waals surface area contributed by atoms with Gasteiger partial charge in [-0.15, -0.1) is 0 Å². The fourth-order valence-corrected chi connectivity index (χ4v) is 1.67. The lowest BCUT2D eigenvalue weighted by atomic mass is 10.1. The van der Waals surface area contributed by atoms with Crippen molar-refractivity contribution in [3.63, 3.8) is 0 Å². The highest BCUT2D eigenvalue weighted by Crippen LogP contribution is 2.31. The van der Waals surface area contributed by atoms with Crippen LogP contribution < -0.4 is 0 Å². The van der Waals surface area contributed by atoms with E-state index in [9.17, 15) is 13.2 Å². The number of alkyl halides is 3. The van der Waals surface area contributed by atoms with E-state index in [0.29, 0.717) is 15.9 Å². The van der Waals surface area contributed by atoms with Crippen molar-refractivity contribution in [1.82, 2.24) is 4.98 Å². The molecule has 1 N–H and O–H groups in total. The zero-order valence-electron chi connectivity index (χ0n) is 8.58. The average molecular weight is 255 g/mol. The van der Waals surface area contributed by atoms with Crippen LogP contribution >= 0.6 is 12.2 Å². The maximum absolute atomic E-state index is 12.5. The van der Waals surface area contributed by atoms with Gasteiger partial charge in [0.05, 0.1) is 5.56 Å². The third-order valence-electron chi connectivity index (χ3n) is 2.27. The first-order chi connectivity index (χ1) is 7.97. The third-order valence-corrected chi connectivity index (χ3v) is 2.51. The van der Waals surface area contributed by atoms with E-state index in [0.717, 1.165) is 12.1 Å². The quantitative estimate of drug-likeness (QED) is 0.745. The van der Waals surface area contributed by atoms with E-state index in [1.807, 2.05) is 0 Å². The molecule has 0 unspecified atom stereocenters. The number of benzene rings is 1. The number of H-pyrrole nitrogens is 1. The van der Waals surface area contributed by atoms with Gasteiger partial charge in [-0.1, -0.05) is 30.4 Å². The fourth-order valence-electron chi connectivity index (χ4n) is 1.48. The number of nitrogens with one attached hydrogen (secondary N) is 1. The highest BCUT2D eigenvalue weighted by Gasteiger charge is 2.30. The van der Waals surface area contributed by atoms with Gasteiger partial charge in [-0.2, -0.15) is 13.2 Å². The molecule has 1 nitrogen and oxygen atoms in total. The Morgan fingerprint density at radius 3 is 2.35 bits per heavy atom. The molecule has 1 heterocycles. The van der Waals surface area contributed by atoms with Crippen LogP contribution in [0.1, 0.15) is 5.56 Å². The van der Waals surface area contributed by atoms with Gasteiger partial charge in [0, 0.05) is 5.69 Å². The Labute approximate surface area is 101 Å². The molecule has 2 aromatic rings. The molecule has 17 heavy (non-hydrogen) atoms. The highest BCUT2D eigenvalue weighted by molar-refractivity contribution is 7.71. The molecule has 0 aliphatic carbocycles. The molecule has 1 aromatic heterocycles. The van der Waals surface area contributed by atoms with Crippen molar-refractivity contribution in [3.8, 4) is 11.3 Å². The van der Waals surface area contributed by atoms with Gasteiger partial charge >= 0.3 is 6.18 Å². The first kappa shape index (κ1) is 11.9. The molecule has 88 valence electrons. The van der Waals surface area contributed by atoms with Crippen molar-refractivity contribution in [2.24, 2.45) is 0 Å². The average Bonchev–Trinajstić information content (AvgIpc) is 2.28. The summed E-state index contributed by atoms with van der Waals surface area (Å²) in [5.41, 5.74) is 0.369. The van der Waals surface area contributed by atoms with Gasteiger partial charge < -0.3 is 4.98 Å². The van der Waals surface area contributed by atoms with Crippen molar-refractivity contribution < 1.29 is 13.2 Å². The van der Waals surface area contributed by atoms with E-state index < -0.39 is 11.7 Å². The molecule has 0 amide bonds. The van der Waals surface area contributed by atoms with E-state index in [4.69, 9.17) is 12.2 Å². The second-order valence-corrected chi connectivity index (χ2v) is 3.95. The molecule has 5 heteroatoms. The molecular weight excluding hydrogens is 247 g/mol. The van der Waals surface area contributed by atoms with Gasteiger partial charge in [-0.3, -0.25) is 0 Å². The Balaban J connectivity index is 2.51. The number of halogens is 3. The van der Waals surface area contributed by atoms with Crippen molar-refractivity contribution in [2.75, 3.05) is 0 Å². The summed E-state index contributed by atoms with van der Waals surface area (Å²) in [7, 11) is 0. The normalized spacial score (nSPS) is 11.5. The van der Waals surface area contributed by atoms with Crippen LogP contribution in [0.4, 0.5) is 13.2 Å². The van der Waals surface area contributed by atoms with Crippen molar-refractivity contribution in [3.05, 3.63) is 52.7 Å². The molecule has 0 aliphatic rings. The third kappa shape index (κ3) is 2.74.